The van der Waals surface area contributed by atoms with Crippen LogP contribution in [0.25, 0.3) is 17.2 Å². The summed E-state index contributed by atoms with van der Waals surface area (Å²) in [5.41, 5.74) is 1.84. The first-order valence-corrected chi connectivity index (χ1v) is 7.26. The third-order valence-electron chi connectivity index (χ3n) is 2.77. The molecule has 0 aliphatic rings. The molecule has 2 aromatic rings. The van der Waals surface area contributed by atoms with Crippen LogP contribution in [0.15, 0.2) is 36.4 Å². The van der Waals surface area contributed by atoms with Crippen molar-refractivity contribution < 1.29 is 9.90 Å². The zero-order chi connectivity index (χ0) is 15.6. The molecule has 2 nitrogen and oxygen atoms in total. The maximum absolute atomic E-state index is 10.7. The van der Waals surface area contributed by atoms with Gasteiger partial charge in [0.15, 0.2) is 0 Å². The first-order chi connectivity index (χ1) is 9.91. The average molecular weight is 362 g/mol. The fourth-order valence-electron chi connectivity index (χ4n) is 1.83. The van der Waals surface area contributed by atoms with Gasteiger partial charge < -0.3 is 5.11 Å². The van der Waals surface area contributed by atoms with E-state index in [1.807, 2.05) is 0 Å². The number of aliphatic carboxylic acids is 1. The number of hydrogen-bond acceptors (Lipinski definition) is 1. The van der Waals surface area contributed by atoms with Crippen LogP contribution < -0.4 is 0 Å². The Balaban J connectivity index is 2.68. The number of halogens is 4. The van der Waals surface area contributed by atoms with Crippen LogP contribution >= 0.6 is 46.4 Å². The molecule has 0 saturated carbocycles. The molecule has 0 radical (unpaired) electrons. The third kappa shape index (κ3) is 3.53. The van der Waals surface area contributed by atoms with Gasteiger partial charge in [-0.2, -0.15) is 0 Å². The Labute approximate surface area is 141 Å². The second-order valence-corrected chi connectivity index (χ2v) is 5.67. The lowest BCUT2D eigenvalue weighted by atomic mass is 9.99. The largest absolute Gasteiger partial charge is 0.478 e. The predicted octanol–water partition coefficient (Wildman–Crippen LogP) is 6.07. The van der Waals surface area contributed by atoms with E-state index in [-0.39, 0.29) is 10.0 Å². The summed E-state index contributed by atoms with van der Waals surface area (Å²) in [5, 5.41) is 10.0. The molecule has 0 saturated heterocycles. The molecule has 0 heterocycles. The van der Waals surface area contributed by atoms with Gasteiger partial charge in [-0.25, -0.2) is 4.79 Å². The molecule has 0 amide bonds. The van der Waals surface area contributed by atoms with Crippen LogP contribution in [0.5, 0.6) is 0 Å². The lowest BCUT2D eigenvalue weighted by Gasteiger charge is -2.11. The molecule has 0 aromatic heterocycles. The van der Waals surface area contributed by atoms with E-state index in [0.717, 1.165) is 6.08 Å². The molecular formula is C15H8Cl4O2. The van der Waals surface area contributed by atoms with Crippen molar-refractivity contribution in [3.63, 3.8) is 0 Å². The first-order valence-electron chi connectivity index (χ1n) is 5.75. The van der Waals surface area contributed by atoms with Crippen molar-refractivity contribution >= 4 is 58.4 Å². The van der Waals surface area contributed by atoms with Crippen LogP contribution in [-0.4, -0.2) is 11.1 Å². The lowest BCUT2D eigenvalue weighted by Crippen LogP contribution is -1.90. The number of benzene rings is 2. The molecule has 2 rings (SSSR count). The van der Waals surface area contributed by atoms with Gasteiger partial charge >= 0.3 is 5.97 Å². The van der Waals surface area contributed by atoms with Gasteiger partial charge in [0, 0.05) is 22.2 Å². The number of carbonyl (C=O) groups is 1. The monoisotopic (exact) mass is 360 g/mol. The molecule has 0 bridgehead atoms. The van der Waals surface area contributed by atoms with Crippen molar-refractivity contribution in [1.29, 1.82) is 0 Å². The maximum Gasteiger partial charge on any atom is 0.328 e. The Bertz CT molecular complexity index is 739. The van der Waals surface area contributed by atoms with Gasteiger partial charge in [-0.3, -0.25) is 0 Å². The number of carboxylic acids is 1. The second kappa shape index (κ2) is 6.71. The molecule has 0 unspecified atom stereocenters. The molecule has 0 atom stereocenters. The van der Waals surface area contributed by atoms with Crippen LogP contribution in [0.1, 0.15) is 5.56 Å². The van der Waals surface area contributed by atoms with E-state index in [4.69, 9.17) is 51.5 Å². The highest BCUT2D eigenvalue weighted by atomic mass is 35.5. The van der Waals surface area contributed by atoms with Gasteiger partial charge in [0.1, 0.15) is 0 Å². The molecule has 21 heavy (non-hydrogen) atoms. The minimum absolute atomic E-state index is 0.240. The van der Waals surface area contributed by atoms with Crippen LogP contribution in [-0.2, 0) is 4.79 Å². The molecule has 0 fully saturated rings. The summed E-state index contributed by atoms with van der Waals surface area (Å²) in [5.74, 6) is -1.07. The van der Waals surface area contributed by atoms with Gasteiger partial charge in [0.25, 0.3) is 0 Å². The minimum Gasteiger partial charge on any atom is -0.478 e. The van der Waals surface area contributed by atoms with Gasteiger partial charge in [0.2, 0.25) is 0 Å². The summed E-state index contributed by atoms with van der Waals surface area (Å²) in [4.78, 5) is 10.7. The van der Waals surface area contributed by atoms with E-state index in [0.29, 0.717) is 26.7 Å². The topological polar surface area (TPSA) is 37.3 Å². The van der Waals surface area contributed by atoms with Crippen molar-refractivity contribution in [1.82, 2.24) is 0 Å². The quantitative estimate of drug-likeness (QED) is 0.532. The van der Waals surface area contributed by atoms with Crippen LogP contribution in [0.4, 0.5) is 0 Å². The SMILES string of the molecule is O=C(O)/C=C/c1c(Cl)cccc1-c1ccc(Cl)c(Cl)c1Cl. The van der Waals surface area contributed by atoms with E-state index in [9.17, 15) is 4.79 Å². The molecule has 2 aromatic carbocycles. The highest BCUT2D eigenvalue weighted by molar-refractivity contribution is 6.49. The Morgan fingerprint density at radius 3 is 2.29 bits per heavy atom. The normalized spacial score (nSPS) is 11.0. The fraction of sp³-hybridized carbons (Fsp3) is 0. The molecular weight excluding hydrogens is 354 g/mol. The highest BCUT2D eigenvalue weighted by Crippen LogP contribution is 2.40. The Kier molecular flexibility index (Phi) is 5.17. The number of hydrogen-bond donors (Lipinski definition) is 1. The molecule has 0 spiro atoms. The van der Waals surface area contributed by atoms with Crippen LogP contribution in [0.2, 0.25) is 20.1 Å². The van der Waals surface area contributed by atoms with Crippen molar-refractivity contribution in [2.75, 3.05) is 0 Å². The zero-order valence-electron chi connectivity index (χ0n) is 10.4. The molecule has 108 valence electrons. The molecule has 0 aliphatic heterocycles. The number of carboxylic acid groups (broad SMARTS) is 1. The minimum atomic E-state index is -1.07. The van der Waals surface area contributed by atoms with E-state index >= 15 is 0 Å². The maximum atomic E-state index is 10.7. The summed E-state index contributed by atoms with van der Waals surface area (Å²) in [7, 11) is 0. The predicted molar refractivity (Wildman–Crippen MR) is 88.6 cm³/mol. The van der Waals surface area contributed by atoms with E-state index in [1.165, 1.54) is 6.08 Å². The Morgan fingerprint density at radius 2 is 1.62 bits per heavy atom. The summed E-state index contributed by atoms with van der Waals surface area (Å²) < 4.78 is 0. The average Bonchev–Trinajstić information content (AvgIpc) is 2.43. The highest BCUT2D eigenvalue weighted by Gasteiger charge is 2.14. The Morgan fingerprint density at radius 1 is 0.905 bits per heavy atom. The van der Waals surface area contributed by atoms with Crippen molar-refractivity contribution in [3.8, 4) is 11.1 Å². The molecule has 6 heteroatoms. The summed E-state index contributed by atoms with van der Waals surface area (Å²) >= 11 is 24.3. The zero-order valence-corrected chi connectivity index (χ0v) is 13.4. The van der Waals surface area contributed by atoms with Crippen LogP contribution in [0, 0.1) is 0 Å². The standard InChI is InChI=1S/C15H8Cl4O2/c16-11-3-1-2-8(9(11)5-7-13(20)21)10-4-6-12(17)15(19)14(10)18/h1-7H,(H,20,21)/b7-5+. The fourth-order valence-corrected chi connectivity index (χ4v) is 2.70. The van der Waals surface area contributed by atoms with E-state index in [1.54, 1.807) is 30.3 Å². The second-order valence-electron chi connectivity index (χ2n) is 4.10. The van der Waals surface area contributed by atoms with Crippen molar-refractivity contribution in [3.05, 3.63) is 62.1 Å². The first kappa shape index (κ1) is 16.2. The lowest BCUT2D eigenvalue weighted by molar-refractivity contribution is -0.131. The van der Waals surface area contributed by atoms with E-state index < -0.39 is 5.97 Å². The summed E-state index contributed by atoms with van der Waals surface area (Å²) in [6, 6.07) is 8.52. The van der Waals surface area contributed by atoms with E-state index in [2.05, 4.69) is 0 Å². The van der Waals surface area contributed by atoms with Gasteiger partial charge in [-0.15, -0.1) is 0 Å². The summed E-state index contributed by atoms with van der Waals surface area (Å²) in [6.45, 7) is 0. The van der Waals surface area contributed by atoms with Gasteiger partial charge in [-0.1, -0.05) is 64.6 Å². The summed E-state index contributed by atoms with van der Waals surface area (Å²) in [6.07, 6.45) is 2.43. The van der Waals surface area contributed by atoms with Crippen LogP contribution in [0.3, 0.4) is 0 Å². The third-order valence-corrected chi connectivity index (χ3v) is 4.39. The van der Waals surface area contributed by atoms with Crippen molar-refractivity contribution in [2.24, 2.45) is 0 Å². The smallest absolute Gasteiger partial charge is 0.328 e. The number of rotatable bonds is 3. The van der Waals surface area contributed by atoms with Gasteiger partial charge in [-0.05, 0) is 23.8 Å². The molecule has 0 aliphatic carbocycles. The Hall–Kier alpha value is -1.19. The van der Waals surface area contributed by atoms with Gasteiger partial charge in [0.05, 0.1) is 15.1 Å². The molecule has 1 N–H and O–H groups in total. The van der Waals surface area contributed by atoms with Crippen molar-refractivity contribution in [2.45, 2.75) is 0 Å².